The van der Waals surface area contributed by atoms with Gasteiger partial charge in [-0.1, -0.05) is 6.58 Å². The molecule has 0 unspecified atom stereocenters. The van der Waals surface area contributed by atoms with E-state index in [2.05, 4.69) is 18.2 Å². The van der Waals surface area contributed by atoms with Crippen LogP contribution in [0.2, 0.25) is 0 Å². The Bertz CT molecular complexity index is 350. The molecule has 0 N–H and O–H groups in total. The minimum absolute atomic E-state index is 0.338. The summed E-state index contributed by atoms with van der Waals surface area (Å²) in [7, 11) is -7.03. The smallest absolute Gasteiger partial charge is 0.204 e. The molecular weight excluding hydrogens is 216 g/mol. The van der Waals surface area contributed by atoms with Crippen LogP contribution >= 0.6 is 0 Å². The monoisotopic (exact) mass is 226 g/mol. The summed E-state index contributed by atoms with van der Waals surface area (Å²) in [5.41, 5.74) is 0. The Morgan fingerprint density at radius 2 is 1.77 bits per heavy atom. The van der Waals surface area contributed by atoms with Crippen LogP contribution < -0.4 is 0 Å². The van der Waals surface area contributed by atoms with Crippen molar-refractivity contribution in [2.45, 2.75) is 0 Å². The third kappa shape index (κ3) is 5.78. The van der Waals surface area contributed by atoms with E-state index < -0.39 is 25.6 Å². The second-order valence-electron chi connectivity index (χ2n) is 2.08. The Balaban J connectivity index is 4.03. The first kappa shape index (κ1) is 12.6. The molecule has 0 aromatic carbocycles. The van der Waals surface area contributed by atoms with Gasteiger partial charge < -0.3 is 4.74 Å². The van der Waals surface area contributed by atoms with Crippen molar-refractivity contribution in [2.24, 2.45) is 0 Å². The predicted molar refractivity (Wildman–Crippen MR) is 48.5 cm³/mol. The second-order valence-corrected chi connectivity index (χ2v) is 5.92. The lowest BCUT2D eigenvalue weighted by molar-refractivity contribution is 0.279. The van der Waals surface area contributed by atoms with Crippen molar-refractivity contribution in [3.05, 3.63) is 24.8 Å². The maximum atomic E-state index is 10.7. The molecule has 0 fully saturated rings. The molecule has 13 heavy (non-hydrogen) atoms. The highest BCUT2D eigenvalue weighted by Crippen LogP contribution is 2.00. The highest BCUT2D eigenvalue weighted by molar-refractivity contribution is 7.96. The summed E-state index contributed by atoms with van der Waals surface area (Å²) in [6, 6.07) is 0. The lowest BCUT2D eigenvalue weighted by Crippen LogP contribution is -2.12. The summed E-state index contributed by atoms with van der Waals surface area (Å²) in [4.78, 5) is 0. The van der Waals surface area contributed by atoms with Gasteiger partial charge in [0.1, 0.15) is 5.94 Å². The number of rotatable bonds is 6. The van der Waals surface area contributed by atoms with Crippen LogP contribution in [0.3, 0.4) is 0 Å². The molecule has 0 aliphatic rings. The van der Waals surface area contributed by atoms with Gasteiger partial charge in [-0.3, -0.25) is 0 Å². The SMILES string of the molecule is [CH2]CS(=O)(=O)CO[CH]S(=O)(=O)C=C. The second kappa shape index (κ2) is 4.73. The molecule has 0 bridgehead atoms. The average Bonchev–Trinajstić information content (AvgIpc) is 2.04. The lowest BCUT2D eigenvalue weighted by Gasteiger charge is -2.00. The molecule has 5 nitrogen and oxygen atoms in total. The summed E-state index contributed by atoms with van der Waals surface area (Å²) in [6.45, 7) is 6.15. The molecule has 0 saturated heterocycles. The van der Waals surface area contributed by atoms with E-state index >= 15 is 0 Å². The number of hydrogen-bond acceptors (Lipinski definition) is 5. The predicted octanol–water partition coefficient (Wildman–Crippen LogP) is -0.113. The van der Waals surface area contributed by atoms with Crippen LogP contribution in [0.4, 0.5) is 0 Å². The van der Waals surface area contributed by atoms with Gasteiger partial charge in [-0.2, -0.15) is 0 Å². The zero-order valence-electron chi connectivity index (χ0n) is 6.84. The molecule has 0 heterocycles. The van der Waals surface area contributed by atoms with E-state index in [1.165, 1.54) is 0 Å². The van der Waals surface area contributed by atoms with Gasteiger partial charge in [-0.25, -0.2) is 16.8 Å². The molecule has 2 radical (unpaired) electrons. The lowest BCUT2D eigenvalue weighted by atomic mass is 11.0. The summed E-state index contributed by atoms with van der Waals surface area (Å²) in [5, 5.41) is 0.657. The first-order chi connectivity index (χ1) is 5.83. The maximum Gasteiger partial charge on any atom is 0.204 e. The van der Waals surface area contributed by atoms with Gasteiger partial charge in [0.15, 0.2) is 9.84 Å². The van der Waals surface area contributed by atoms with Crippen molar-refractivity contribution in [1.29, 1.82) is 0 Å². The standard InChI is InChI=1S/C6H10O5S2/c1-3-12(7,8)5-11-6-13(9,10)4-2/h3,5H,1-2,4,6H2. The van der Waals surface area contributed by atoms with Gasteiger partial charge in [0, 0.05) is 5.41 Å². The van der Waals surface area contributed by atoms with Crippen molar-refractivity contribution >= 4 is 19.7 Å². The van der Waals surface area contributed by atoms with Crippen molar-refractivity contribution < 1.29 is 21.6 Å². The molecule has 7 heteroatoms. The molecule has 0 aromatic heterocycles. The molecule has 0 atom stereocenters. The fourth-order valence-electron chi connectivity index (χ4n) is 0.324. The van der Waals surface area contributed by atoms with Crippen LogP contribution in [-0.2, 0) is 24.4 Å². The van der Waals surface area contributed by atoms with E-state index in [1.807, 2.05) is 0 Å². The molecule has 0 saturated carbocycles. The number of hydrogen-bond donors (Lipinski definition) is 0. The largest absolute Gasteiger partial charge is 0.342 e. The minimum atomic E-state index is -3.62. The summed E-state index contributed by atoms with van der Waals surface area (Å²) in [6.07, 6.45) is 0. The zero-order chi connectivity index (χ0) is 10.5. The molecule has 0 rings (SSSR count). The Morgan fingerprint density at radius 3 is 2.15 bits per heavy atom. The van der Waals surface area contributed by atoms with Gasteiger partial charge in [-0.05, 0) is 6.92 Å². The van der Waals surface area contributed by atoms with Gasteiger partial charge in [0.25, 0.3) is 0 Å². The Labute approximate surface area is 78.2 Å². The van der Waals surface area contributed by atoms with Crippen molar-refractivity contribution in [2.75, 3.05) is 11.7 Å². The Hall–Kier alpha value is -0.400. The van der Waals surface area contributed by atoms with Crippen LogP contribution in [0.15, 0.2) is 12.0 Å². The van der Waals surface area contributed by atoms with Crippen LogP contribution in [0.1, 0.15) is 0 Å². The van der Waals surface area contributed by atoms with E-state index in [1.54, 1.807) is 0 Å². The molecule has 0 spiro atoms. The summed E-state index contributed by atoms with van der Waals surface area (Å²) >= 11 is 0. The Kier molecular flexibility index (Phi) is 4.58. The third-order valence-electron chi connectivity index (χ3n) is 0.993. The van der Waals surface area contributed by atoms with Crippen LogP contribution in [0, 0.1) is 12.9 Å². The summed E-state index contributed by atoms with van der Waals surface area (Å²) < 4.78 is 47.2. The van der Waals surface area contributed by atoms with E-state index in [0.29, 0.717) is 11.3 Å². The van der Waals surface area contributed by atoms with E-state index in [0.717, 1.165) is 0 Å². The van der Waals surface area contributed by atoms with E-state index in [4.69, 9.17) is 0 Å². The van der Waals surface area contributed by atoms with Gasteiger partial charge in [-0.15, -0.1) is 0 Å². The maximum absolute atomic E-state index is 10.7. The minimum Gasteiger partial charge on any atom is -0.342 e. The first-order valence-corrected chi connectivity index (χ1v) is 6.58. The van der Waals surface area contributed by atoms with Crippen LogP contribution in [0.25, 0.3) is 0 Å². The molecule has 76 valence electrons. The quantitative estimate of drug-likeness (QED) is 0.631. The molecule has 0 aliphatic carbocycles. The first-order valence-electron chi connectivity index (χ1n) is 3.15. The topological polar surface area (TPSA) is 77.5 Å². The van der Waals surface area contributed by atoms with Crippen molar-refractivity contribution in [3.63, 3.8) is 0 Å². The van der Waals surface area contributed by atoms with Crippen LogP contribution in [-0.4, -0.2) is 28.5 Å². The molecule has 0 aromatic rings. The molecule has 0 amide bonds. The fraction of sp³-hybridized carbons (Fsp3) is 0.333. The summed E-state index contributed by atoms with van der Waals surface area (Å²) in [5.74, 6) is -0.592. The van der Waals surface area contributed by atoms with Gasteiger partial charge in [0.05, 0.1) is 5.75 Å². The highest BCUT2D eigenvalue weighted by Gasteiger charge is 2.11. The normalized spacial score (nSPS) is 12.7. The van der Waals surface area contributed by atoms with Gasteiger partial charge >= 0.3 is 0 Å². The third-order valence-corrected chi connectivity index (χ3v) is 2.98. The fourth-order valence-corrected chi connectivity index (χ4v) is 1.14. The number of sulfone groups is 2. The van der Waals surface area contributed by atoms with Crippen LogP contribution in [0.5, 0.6) is 0 Å². The molecule has 0 aliphatic heterocycles. The highest BCUT2D eigenvalue weighted by atomic mass is 32.2. The average molecular weight is 226 g/mol. The van der Waals surface area contributed by atoms with Crippen molar-refractivity contribution in [1.82, 2.24) is 0 Å². The number of ether oxygens (including phenoxy) is 1. The zero-order valence-corrected chi connectivity index (χ0v) is 8.47. The van der Waals surface area contributed by atoms with E-state index in [-0.39, 0.29) is 5.75 Å². The van der Waals surface area contributed by atoms with Crippen molar-refractivity contribution in [3.8, 4) is 0 Å². The van der Waals surface area contributed by atoms with E-state index in [9.17, 15) is 16.8 Å². The molecular formula is C6H10O5S2. The van der Waals surface area contributed by atoms with Gasteiger partial charge in [0.2, 0.25) is 15.8 Å². The Morgan fingerprint density at radius 1 is 1.23 bits per heavy atom.